The van der Waals surface area contributed by atoms with Crippen LogP contribution in [0.1, 0.15) is 55.6 Å². The molecular weight excluding hydrogens is 434 g/mol. The van der Waals surface area contributed by atoms with Crippen molar-refractivity contribution in [3.8, 4) is 5.75 Å². The van der Waals surface area contributed by atoms with E-state index in [1.165, 1.54) is 0 Å². The number of hydrogen-bond acceptors (Lipinski definition) is 6. The molecule has 1 aliphatic carbocycles. The summed E-state index contributed by atoms with van der Waals surface area (Å²) in [5.74, 6) is 0.620. The van der Waals surface area contributed by atoms with Crippen LogP contribution in [0.2, 0.25) is 0 Å². The van der Waals surface area contributed by atoms with Crippen LogP contribution in [0, 0.1) is 0 Å². The molecule has 8 nitrogen and oxygen atoms in total. The molecule has 0 spiro atoms. The number of nitrogens with one attached hydrogen (secondary N) is 2. The molecule has 3 aliphatic rings. The van der Waals surface area contributed by atoms with Crippen LogP contribution in [0.4, 0.5) is 5.69 Å². The van der Waals surface area contributed by atoms with Gasteiger partial charge < -0.3 is 25.2 Å². The molecule has 3 N–H and O–H groups in total. The zero-order valence-corrected chi connectivity index (χ0v) is 19.1. The number of aromatic nitrogens is 1. The molecule has 2 aromatic rings. The van der Waals surface area contributed by atoms with E-state index in [2.05, 4.69) is 15.6 Å². The van der Waals surface area contributed by atoms with Crippen molar-refractivity contribution in [1.29, 1.82) is 0 Å². The second-order valence-corrected chi connectivity index (χ2v) is 9.49. The van der Waals surface area contributed by atoms with Gasteiger partial charge in [0.25, 0.3) is 0 Å². The maximum Gasteiger partial charge on any atom is 0.228 e. The zero-order chi connectivity index (χ0) is 23.5. The number of benzene rings is 1. The topological polar surface area (TPSA) is 110 Å². The van der Waals surface area contributed by atoms with Crippen molar-refractivity contribution in [3.05, 3.63) is 53.9 Å². The molecule has 2 aliphatic heterocycles. The number of nitrogens with zero attached hydrogens (tertiary/aromatic N) is 1. The van der Waals surface area contributed by atoms with E-state index in [9.17, 15) is 14.7 Å². The predicted molar refractivity (Wildman–Crippen MR) is 126 cm³/mol. The Bertz CT molecular complexity index is 1020. The Balaban J connectivity index is 1.26. The molecule has 2 amide bonds. The Morgan fingerprint density at radius 3 is 2.65 bits per heavy atom. The number of fused-ring (bicyclic) bond motifs is 3. The third-order valence-electron chi connectivity index (χ3n) is 7.03. The second-order valence-electron chi connectivity index (χ2n) is 9.49. The van der Waals surface area contributed by atoms with E-state index in [4.69, 9.17) is 9.47 Å². The summed E-state index contributed by atoms with van der Waals surface area (Å²) in [7, 11) is 0. The van der Waals surface area contributed by atoms with Crippen LogP contribution in [0.25, 0.3) is 0 Å². The SMILES string of the molecule is O=C(Cc1ccncc1)Nc1ccc2c(c1)[C@H]1C[C@@H](CC(=O)NC3CCCC3)O[C@H](CO)[C@H]1O2. The van der Waals surface area contributed by atoms with Gasteiger partial charge in [-0.3, -0.25) is 14.6 Å². The molecule has 5 rings (SSSR count). The summed E-state index contributed by atoms with van der Waals surface area (Å²) in [6, 6.07) is 9.53. The molecule has 2 fully saturated rings. The van der Waals surface area contributed by atoms with E-state index in [0.717, 1.165) is 42.6 Å². The molecule has 34 heavy (non-hydrogen) atoms. The van der Waals surface area contributed by atoms with Gasteiger partial charge in [0.15, 0.2) is 0 Å². The molecule has 0 radical (unpaired) electrons. The van der Waals surface area contributed by atoms with Gasteiger partial charge in [-0.2, -0.15) is 0 Å². The maximum atomic E-state index is 12.6. The van der Waals surface area contributed by atoms with Gasteiger partial charge in [0.05, 0.1) is 25.6 Å². The van der Waals surface area contributed by atoms with E-state index in [-0.39, 0.29) is 55.4 Å². The number of rotatable bonds is 7. The lowest BCUT2D eigenvalue weighted by Crippen LogP contribution is -2.47. The molecule has 1 aromatic carbocycles. The quantitative estimate of drug-likeness (QED) is 0.580. The Labute approximate surface area is 199 Å². The zero-order valence-electron chi connectivity index (χ0n) is 19.1. The molecule has 1 saturated heterocycles. The molecular formula is C26H31N3O5. The highest BCUT2D eigenvalue weighted by Gasteiger charge is 2.46. The average molecular weight is 466 g/mol. The Morgan fingerprint density at radius 2 is 1.88 bits per heavy atom. The van der Waals surface area contributed by atoms with Gasteiger partial charge in [-0.25, -0.2) is 0 Å². The van der Waals surface area contributed by atoms with Gasteiger partial charge >= 0.3 is 0 Å². The highest BCUT2D eigenvalue weighted by Crippen LogP contribution is 2.47. The molecule has 8 heteroatoms. The number of carbonyl (C=O) groups is 2. The number of anilines is 1. The van der Waals surface area contributed by atoms with Crippen LogP contribution in [0.5, 0.6) is 5.75 Å². The number of aliphatic hydroxyl groups excluding tert-OH is 1. The fourth-order valence-electron chi connectivity index (χ4n) is 5.42. The number of ether oxygens (including phenoxy) is 2. The van der Waals surface area contributed by atoms with Crippen LogP contribution in [-0.2, 0) is 20.7 Å². The monoisotopic (exact) mass is 465 g/mol. The molecule has 1 saturated carbocycles. The van der Waals surface area contributed by atoms with Crippen molar-refractivity contribution in [3.63, 3.8) is 0 Å². The van der Waals surface area contributed by atoms with E-state index in [1.54, 1.807) is 12.4 Å². The van der Waals surface area contributed by atoms with Gasteiger partial charge in [0, 0.05) is 35.6 Å². The molecule has 0 unspecified atom stereocenters. The van der Waals surface area contributed by atoms with E-state index in [0.29, 0.717) is 12.1 Å². The standard InChI is InChI=1S/C26H31N3O5/c30-15-23-26-21(13-19(33-23)14-25(32)28-17-3-1-2-4-17)20-12-18(5-6-22(20)34-26)29-24(31)11-16-7-9-27-10-8-16/h5-10,12,17,19,21,23,26,30H,1-4,11,13-15H2,(H,28,32)(H,29,31)/t19-,21+,23+,26-/m0/s1. The summed E-state index contributed by atoms with van der Waals surface area (Å²) < 4.78 is 12.2. The summed E-state index contributed by atoms with van der Waals surface area (Å²) in [6.07, 6.45) is 7.81. The third-order valence-corrected chi connectivity index (χ3v) is 7.03. The van der Waals surface area contributed by atoms with Gasteiger partial charge in [0.1, 0.15) is 18.0 Å². The first kappa shape index (κ1) is 22.8. The number of amides is 2. The number of carbonyl (C=O) groups excluding carboxylic acids is 2. The minimum absolute atomic E-state index is 0.00306. The maximum absolute atomic E-state index is 12.6. The average Bonchev–Trinajstić information content (AvgIpc) is 3.46. The molecule has 180 valence electrons. The predicted octanol–water partition coefficient (Wildman–Crippen LogP) is 2.71. The highest BCUT2D eigenvalue weighted by atomic mass is 16.6. The minimum atomic E-state index is -0.500. The van der Waals surface area contributed by atoms with Crippen LogP contribution in [0.3, 0.4) is 0 Å². The molecule has 0 bridgehead atoms. The summed E-state index contributed by atoms with van der Waals surface area (Å²) >= 11 is 0. The van der Waals surface area contributed by atoms with Crippen LogP contribution >= 0.6 is 0 Å². The third kappa shape index (κ3) is 5.08. The second kappa shape index (κ2) is 10.1. The Hall–Kier alpha value is -2.97. The van der Waals surface area contributed by atoms with Crippen LogP contribution < -0.4 is 15.4 Å². The highest BCUT2D eigenvalue weighted by molar-refractivity contribution is 5.92. The summed E-state index contributed by atoms with van der Waals surface area (Å²) in [6.45, 7) is -0.175. The lowest BCUT2D eigenvalue weighted by atomic mass is 9.84. The minimum Gasteiger partial charge on any atom is -0.487 e. The van der Waals surface area contributed by atoms with Crippen LogP contribution in [-0.4, -0.2) is 52.9 Å². The molecule has 4 atom stereocenters. The van der Waals surface area contributed by atoms with Crippen molar-refractivity contribution < 1.29 is 24.2 Å². The summed E-state index contributed by atoms with van der Waals surface area (Å²) in [5.41, 5.74) is 2.57. The first-order valence-electron chi connectivity index (χ1n) is 12.1. The van der Waals surface area contributed by atoms with Crippen molar-refractivity contribution in [2.75, 3.05) is 11.9 Å². The Morgan fingerprint density at radius 1 is 1.09 bits per heavy atom. The summed E-state index contributed by atoms with van der Waals surface area (Å²) in [4.78, 5) is 29.1. The fraction of sp³-hybridized carbons (Fsp3) is 0.500. The number of pyridine rings is 1. The van der Waals surface area contributed by atoms with Crippen molar-refractivity contribution >= 4 is 17.5 Å². The largest absolute Gasteiger partial charge is 0.487 e. The fourth-order valence-corrected chi connectivity index (χ4v) is 5.42. The van der Waals surface area contributed by atoms with Gasteiger partial charge in [-0.1, -0.05) is 12.8 Å². The lowest BCUT2D eigenvalue weighted by Gasteiger charge is -2.37. The molecule has 1 aromatic heterocycles. The van der Waals surface area contributed by atoms with Gasteiger partial charge in [-0.15, -0.1) is 0 Å². The van der Waals surface area contributed by atoms with Gasteiger partial charge in [-0.05, 0) is 55.2 Å². The number of hydrogen-bond donors (Lipinski definition) is 3. The number of aliphatic hydroxyl groups is 1. The van der Waals surface area contributed by atoms with E-state index < -0.39 is 6.10 Å². The summed E-state index contributed by atoms with van der Waals surface area (Å²) in [5, 5.41) is 16.0. The van der Waals surface area contributed by atoms with Crippen LogP contribution in [0.15, 0.2) is 42.7 Å². The van der Waals surface area contributed by atoms with Crippen molar-refractivity contribution in [2.24, 2.45) is 0 Å². The van der Waals surface area contributed by atoms with Crippen molar-refractivity contribution in [1.82, 2.24) is 10.3 Å². The Kier molecular flexibility index (Phi) is 6.78. The van der Waals surface area contributed by atoms with Crippen molar-refractivity contribution in [2.45, 2.75) is 75.2 Å². The van der Waals surface area contributed by atoms with E-state index >= 15 is 0 Å². The first-order chi connectivity index (χ1) is 16.6. The normalized spacial score (nSPS) is 25.8. The van der Waals surface area contributed by atoms with E-state index in [1.807, 2.05) is 30.3 Å². The first-order valence-corrected chi connectivity index (χ1v) is 12.1. The smallest absolute Gasteiger partial charge is 0.228 e. The molecule has 3 heterocycles. The van der Waals surface area contributed by atoms with Gasteiger partial charge in [0.2, 0.25) is 11.8 Å². The lowest BCUT2D eigenvalue weighted by molar-refractivity contribution is -0.142.